The predicted molar refractivity (Wildman–Crippen MR) is 99.3 cm³/mol. The Balaban J connectivity index is 1.93. The first-order valence-electron chi connectivity index (χ1n) is 7.86. The number of rotatable bonds is 3. The van der Waals surface area contributed by atoms with Crippen molar-refractivity contribution in [3.8, 4) is 11.3 Å². The normalized spacial score (nSPS) is 15.6. The molecule has 0 radical (unpaired) electrons. The molecule has 25 heavy (non-hydrogen) atoms. The van der Waals surface area contributed by atoms with Crippen LogP contribution in [0.4, 0.5) is 5.82 Å². The van der Waals surface area contributed by atoms with Crippen LogP contribution in [0.1, 0.15) is 0 Å². The number of pyridine rings is 2. The average molecular weight is 375 g/mol. The zero-order chi connectivity index (χ0) is 17.4. The first-order chi connectivity index (χ1) is 12.0. The molecule has 1 aliphatic rings. The lowest BCUT2D eigenvalue weighted by molar-refractivity contribution is 0.586. The first kappa shape index (κ1) is 16.4. The molecule has 0 aromatic carbocycles. The van der Waals surface area contributed by atoms with Crippen molar-refractivity contribution in [1.82, 2.24) is 15.3 Å². The summed E-state index contributed by atoms with van der Waals surface area (Å²) in [5.41, 5.74) is 1.95. The van der Waals surface area contributed by atoms with Crippen LogP contribution < -0.4 is 15.4 Å². The Morgan fingerprint density at radius 1 is 1.24 bits per heavy atom. The maximum atomic E-state index is 11.9. The zero-order valence-corrected chi connectivity index (χ0v) is 15.0. The Bertz CT molecular complexity index is 1030. The van der Waals surface area contributed by atoms with Gasteiger partial charge in [0, 0.05) is 43.3 Å². The van der Waals surface area contributed by atoms with E-state index >= 15 is 0 Å². The summed E-state index contributed by atoms with van der Waals surface area (Å²) < 4.78 is 23.9. The van der Waals surface area contributed by atoms with Gasteiger partial charge in [-0.25, -0.2) is 18.5 Å². The first-order valence-corrected chi connectivity index (χ1v) is 10.3. The average Bonchev–Trinajstić information content (AvgIpc) is 3.12. The SMILES string of the molecule is NS(=O)(=O)c1sccc1-c1cc2cccnc2c(N2CCNCC2)n1. The van der Waals surface area contributed by atoms with E-state index in [2.05, 4.69) is 15.2 Å². The Labute approximate surface area is 149 Å². The van der Waals surface area contributed by atoms with E-state index < -0.39 is 10.0 Å². The minimum atomic E-state index is -3.79. The van der Waals surface area contributed by atoms with Crippen molar-refractivity contribution >= 4 is 38.1 Å². The fourth-order valence-electron chi connectivity index (χ4n) is 3.01. The van der Waals surface area contributed by atoms with E-state index in [1.54, 1.807) is 17.6 Å². The molecule has 7 nitrogen and oxygen atoms in total. The molecule has 130 valence electrons. The van der Waals surface area contributed by atoms with Gasteiger partial charge in [0.2, 0.25) is 10.0 Å². The molecule has 1 fully saturated rings. The third-order valence-corrected chi connectivity index (χ3v) is 6.58. The van der Waals surface area contributed by atoms with E-state index in [-0.39, 0.29) is 4.21 Å². The Kier molecular flexibility index (Phi) is 4.16. The number of aromatic nitrogens is 2. The van der Waals surface area contributed by atoms with Crippen LogP contribution in [0.2, 0.25) is 0 Å². The van der Waals surface area contributed by atoms with Gasteiger partial charge in [-0.3, -0.25) is 4.98 Å². The maximum absolute atomic E-state index is 11.9. The molecule has 0 unspecified atom stereocenters. The minimum Gasteiger partial charge on any atom is -0.352 e. The summed E-state index contributed by atoms with van der Waals surface area (Å²) in [7, 11) is -3.79. The molecule has 1 saturated heterocycles. The van der Waals surface area contributed by atoms with Gasteiger partial charge in [-0.05, 0) is 23.6 Å². The van der Waals surface area contributed by atoms with E-state index in [0.29, 0.717) is 11.3 Å². The number of thiophene rings is 1. The second kappa shape index (κ2) is 6.34. The van der Waals surface area contributed by atoms with Crippen LogP contribution in [0.5, 0.6) is 0 Å². The van der Waals surface area contributed by atoms with Gasteiger partial charge in [0.25, 0.3) is 0 Å². The number of hydrogen-bond donors (Lipinski definition) is 2. The van der Waals surface area contributed by atoms with E-state index in [1.807, 2.05) is 18.2 Å². The van der Waals surface area contributed by atoms with Crippen LogP contribution in [0.25, 0.3) is 22.2 Å². The maximum Gasteiger partial charge on any atom is 0.248 e. The molecule has 0 saturated carbocycles. The van der Waals surface area contributed by atoms with E-state index in [1.165, 1.54) is 0 Å². The highest BCUT2D eigenvalue weighted by Gasteiger charge is 2.21. The molecule has 4 rings (SSSR count). The fourth-order valence-corrected chi connectivity index (χ4v) is 4.82. The topological polar surface area (TPSA) is 101 Å². The van der Waals surface area contributed by atoms with Crippen molar-refractivity contribution in [2.24, 2.45) is 5.14 Å². The molecule has 9 heteroatoms. The third-order valence-electron chi connectivity index (χ3n) is 4.15. The van der Waals surface area contributed by atoms with Crippen LogP contribution in [-0.2, 0) is 10.0 Å². The van der Waals surface area contributed by atoms with Crippen LogP contribution in [0.15, 0.2) is 40.1 Å². The number of fused-ring (bicyclic) bond motifs is 1. The number of nitrogens with two attached hydrogens (primary N) is 1. The van der Waals surface area contributed by atoms with Gasteiger partial charge in [0.15, 0.2) is 5.82 Å². The van der Waals surface area contributed by atoms with Gasteiger partial charge in [-0.2, -0.15) is 0 Å². The van der Waals surface area contributed by atoms with Crippen molar-refractivity contribution in [1.29, 1.82) is 0 Å². The lowest BCUT2D eigenvalue weighted by Crippen LogP contribution is -2.44. The molecule has 4 heterocycles. The Morgan fingerprint density at radius 2 is 2.04 bits per heavy atom. The molecule has 0 spiro atoms. The highest BCUT2D eigenvalue weighted by molar-refractivity contribution is 7.91. The molecular weight excluding hydrogens is 358 g/mol. The number of hydrogen-bond acceptors (Lipinski definition) is 7. The summed E-state index contributed by atoms with van der Waals surface area (Å²) >= 11 is 1.11. The van der Waals surface area contributed by atoms with Gasteiger partial charge in [0.05, 0.1) is 5.69 Å². The second-order valence-electron chi connectivity index (χ2n) is 5.81. The van der Waals surface area contributed by atoms with Crippen molar-refractivity contribution in [3.63, 3.8) is 0 Å². The van der Waals surface area contributed by atoms with Crippen molar-refractivity contribution < 1.29 is 8.42 Å². The van der Waals surface area contributed by atoms with E-state index in [4.69, 9.17) is 10.1 Å². The Hall–Kier alpha value is -2.07. The summed E-state index contributed by atoms with van der Waals surface area (Å²) in [5.74, 6) is 0.779. The van der Waals surface area contributed by atoms with E-state index in [0.717, 1.165) is 54.2 Å². The lowest BCUT2D eigenvalue weighted by Gasteiger charge is -2.29. The quantitative estimate of drug-likeness (QED) is 0.718. The molecule has 0 aliphatic carbocycles. The lowest BCUT2D eigenvalue weighted by atomic mass is 10.1. The van der Waals surface area contributed by atoms with Crippen molar-refractivity contribution in [2.75, 3.05) is 31.1 Å². The van der Waals surface area contributed by atoms with E-state index in [9.17, 15) is 8.42 Å². The summed E-state index contributed by atoms with van der Waals surface area (Å²) in [6.45, 7) is 3.41. The zero-order valence-electron chi connectivity index (χ0n) is 13.3. The van der Waals surface area contributed by atoms with Crippen LogP contribution >= 0.6 is 11.3 Å². The molecule has 3 aromatic rings. The molecular formula is C16H17N5O2S2. The van der Waals surface area contributed by atoms with Crippen LogP contribution in [-0.4, -0.2) is 44.6 Å². The van der Waals surface area contributed by atoms with Gasteiger partial charge >= 0.3 is 0 Å². The highest BCUT2D eigenvalue weighted by atomic mass is 32.2. The molecule has 0 bridgehead atoms. The van der Waals surface area contributed by atoms with Gasteiger partial charge < -0.3 is 10.2 Å². The number of sulfonamides is 1. The largest absolute Gasteiger partial charge is 0.352 e. The smallest absolute Gasteiger partial charge is 0.248 e. The van der Waals surface area contributed by atoms with Gasteiger partial charge in [-0.15, -0.1) is 11.3 Å². The highest BCUT2D eigenvalue weighted by Crippen LogP contribution is 2.34. The van der Waals surface area contributed by atoms with Crippen LogP contribution in [0.3, 0.4) is 0 Å². The summed E-state index contributed by atoms with van der Waals surface area (Å²) in [5, 5.41) is 11.3. The van der Waals surface area contributed by atoms with Crippen molar-refractivity contribution in [3.05, 3.63) is 35.8 Å². The Morgan fingerprint density at radius 3 is 2.80 bits per heavy atom. The minimum absolute atomic E-state index is 0.134. The number of nitrogens with zero attached hydrogens (tertiary/aromatic N) is 3. The number of piperazine rings is 1. The fraction of sp³-hybridized carbons (Fsp3) is 0.250. The van der Waals surface area contributed by atoms with Crippen molar-refractivity contribution in [2.45, 2.75) is 4.21 Å². The predicted octanol–water partition coefficient (Wildman–Crippen LogP) is 1.42. The second-order valence-corrected chi connectivity index (χ2v) is 8.48. The number of primary sulfonamides is 1. The summed E-state index contributed by atoms with van der Waals surface area (Å²) in [6.07, 6.45) is 1.75. The molecule has 3 N–H and O–H groups in total. The molecule has 0 atom stereocenters. The standard InChI is InChI=1S/C16H17N5O2S2/c17-25(22,23)16-12(3-9-24-16)13-10-11-2-1-4-19-14(11)15(20-13)21-7-5-18-6-8-21/h1-4,9-10,18H,5-8H2,(H2,17,22,23). The van der Waals surface area contributed by atoms with Gasteiger partial charge in [0.1, 0.15) is 9.73 Å². The van der Waals surface area contributed by atoms with Crippen LogP contribution in [0, 0.1) is 0 Å². The number of nitrogens with one attached hydrogen (secondary N) is 1. The summed E-state index contributed by atoms with van der Waals surface area (Å²) in [6, 6.07) is 7.44. The summed E-state index contributed by atoms with van der Waals surface area (Å²) in [4.78, 5) is 11.4. The monoisotopic (exact) mass is 375 g/mol. The molecule has 1 aliphatic heterocycles. The van der Waals surface area contributed by atoms with Gasteiger partial charge in [-0.1, -0.05) is 6.07 Å². The third kappa shape index (κ3) is 3.11. The number of anilines is 1. The molecule has 0 amide bonds. The molecule has 3 aromatic heterocycles.